The highest BCUT2D eigenvalue weighted by Gasteiger charge is 2.19. The largest absolute Gasteiger partial charge is 0.462 e. The Balaban J connectivity index is 2.27. The normalized spacial score (nSPS) is 11.6. The molecule has 0 radical (unpaired) electrons. The molecule has 0 saturated heterocycles. The second kappa shape index (κ2) is 7.59. The fraction of sp³-hybridized carbons (Fsp3) is 0.278. The van der Waals surface area contributed by atoms with Crippen LogP contribution in [0.1, 0.15) is 51.9 Å². The predicted octanol–water partition coefficient (Wildman–Crippen LogP) is 2.35. The van der Waals surface area contributed by atoms with E-state index in [1.807, 2.05) is 37.3 Å². The summed E-state index contributed by atoms with van der Waals surface area (Å²) in [5, 5.41) is 2.86. The summed E-state index contributed by atoms with van der Waals surface area (Å²) >= 11 is 0. The highest BCUT2D eigenvalue weighted by atomic mass is 16.5. The van der Waals surface area contributed by atoms with Crippen LogP contribution in [0.25, 0.3) is 0 Å². The van der Waals surface area contributed by atoms with Crippen LogP contribution in [0.2, 0.25) is 0 Å². The summed E-state index contributed by atoms with van der Waals surface area (Å²) in [5.41, 5.74) is 0.836. The molecule has 1 amide bonds. The molecule has 2 rings (SSSR count). The second-order valence-corrected chi connectivity index (χ2v) is 5.38. The summed E-state index contributed by atoms with van der Waals surface area (Å²) < 4.78 is 4.84. The van der Waals surface area contributed by atoms with Crippen molar-refractivity contribution < 1.29 is 14.3 Å². The second-order valence-electron chi connectivity index (χ2n) is 5.38. The number of benzene rings is 1. The molecule has 6 heteroatoms. The van der Waals surface area contributed by atoms with Gasteiger partial charge in [0.05, 0.1) is 18.2 Å². The average Bonchev–Trinajstić information content (AvgIpc) is 2.55. The third-order valence-corrected chi connectivity index (χ3v) is 3.63. The van der Waals surface area contributed by atoms with Crippen molar-refractivity contribution in [1.29, 1.82) is 0 Å². The van der Waals surface area contributed by atoms with Gasteiger partial charge in [0, 0.05) is 5.69 Å². The van der Waals surface area contributed by atoms with Gasteiger partial charge in [0.1, 0.15) is 5.56 Å². The van der Waals surface area contributed by atoms with E-state index in [0.29, 0.717) is 5.69 Å². The van der Waals surface area contributed by atoms with Gasteiger partial charge < -0.3 is 15.0 Å². The summed E-state index contributed by atoms with van der Waals surface area (Å²) in [5.74, 6) is -1.12. The number of ether oxygens (including phenoxy) is 1. The van der Waals surface area contributed by atoms with Crippen molar-refractivity contribution >= 4 is 11.9 Å². The van der Waals surface area contributed by atoms with Crippen molar-refractivity contribution in [2.24, 2.45) is 0 Å². The van der Waals surface area contributed by atoms with E-state index in [-0.39, 0.29) is 29.7 Å². The molecule has 6 nitrogen and oxygen atoms in total. The first-order valence-electron chi connectivity index (χ1n) is 7.71. The Hall–Kier alpha value is -2.89. The van der Waals surface area contributed by atoms with Gasteiger partial charge in [-0.25, -0.2) is 4.79 Å². The minimum absolute atomic E-state index is 0.152. The molecule has 2 N–H and O–H groups in total. The third-order valence-electron chi connectivity index (χ3n) is 3.63. The number of esters is 1. The number of hydrogen-bond donors (Lipinski definition) is 2. The SMILES string of the molecule is CCOC(=O)c1cc(C(=O)N[C@H](C)c2ccccc2)c(C)[nH]c1=O. The van der Waals surface area contributed by atoms with Gasteiger partial charge in [-0.1, -0.05) is 30.3 Å². The maximum atomic E-state index is 12.5. The van der Waals surface area contributed by atoms with Crippen LogP contribution < -0.4 is 10.9 Å². The average molecular weight is 328 g/mol. The van der Waals surface area contributed by atoms with Gasteiger partial charge in [-0.05, 0) is 32.4 Å². The van der Waals surface area contributed by atoms with Crippen LogP contribution in [0.5, 0.6) is 0 Å². The highest BCUT2D eigenvalue weighted by molar-refractivity contribution is 5.98. The number of pyridine rings is 1. The lowest BCUT2D eigenvalue weighted by Crippen LogP contribution is -2.30. The number of H-pyrrole nitrogens is 1. The van der Waals surface area contributed by atoms with Crippen LogP contribution in [0.4, 0.5) is 0 Å². The molecular weight excluding hydrogens is 308 g/mol. The van der Waals surface area contributed by atoms with E-state index in [2.05, 4.69) is 10.3 Å². The van der Waals surface area contributed by atoms with E-state index >= 15 is 0 Å². The van der Waals surface area contributed by atoms with E-state index in [0.717, 1.165) is 5.56 Å². The number of aromatic nitrogens is 1. The van der Waals surface area contributed by atoms with E-state index in [4.69, 9.17) is 4.74 Å². The zero-order valence-corrected chi connectivity index (χ0v) is 13.9. The molecule has 1 aromatic carbocycles. The molecule has 126 valence electrons. The standard InChI is InChI=1S/C18H20N2O4/c1-4-24-18(23)15-10-14(12(3)20-17(15)22)16(21)19-11(2)13-8-6-5-7-9-13/h5-11H,4H2,1-3H3,(H,19,21)(H,20,22)/t11-/m1/s1. The molecule has 2 aromatic rings. The quantitative estimate of drug-likeness (QED) is 0.825. The van der Waals surface area contributed by atoms with Crippen LogP contribution >= 0.6 is 0 Å². The number of rotatable bonds is 5. The number of aromatic amines is 1. The van der Waals surface area contributed by atoms with Gasteiger partial charge in [-0.2, -0.15) is 0 Å². The predicted molar refractivity (Wildman–Crippen MR) is 90.1 cm³/mol. The fourth-order valence-electron chi connectivity index (χ4n) is 2.32. The molecule has 0 bridgehead atoms. The Morgan fingerprint density at radius 1 is 1.21 bits per heavy atom. The summed E-state index contributed by atoms with van der Waals surface area (Å²) in [7, 11) is 0. The smallest absolute Gasteiger partial charge is 0.343 e. The molecule has 1 atom stereocenters. The van der Waals surface area contributed by atoms with Crippen LogP contribution in [-0.2, 0) is 4.74 Å². The number of amides is 1. The minimum atomic E-state index is -0.746. The van der Waals surface area contributed by atoms with Gasteiger partial charge in [0.2, 0.25) is 0 Å². The van der Waals surface area contributed by atoms with E-state index in [9.17, 15) is 14.4 Å². The lowest BCUT2D eigenvalue weighted by atomic mass is 10.1. The van der Waals surface area contributed by atoms with Crippen molar-refractivity contribution in [2.75, 3.05) is 6.61 Å². The maximum absolute atomic E-state index is 12.5. The van der Waals surface area contributed by atoms with Gasteiger partial charge >= 0.3 is 5.97 Å². The molecule has 0 fully saturated rings. The molecule has 0 aliphatic heterocycles. The van der Waals surface area contributed by atoms with Crippen LogP contribution in [0, 0.1) is 6.92 Å². The summed E-state index contributed by atoms with van der Waals surface area (Å²) in [6.07, 6.45) is 0. The van der Waals surface area contributed by atoms with Gasteiger partial charge in [0.15, 0.2) is 0 Å². The molecule has 24 heavy (non-hydrogen) atoms. The molecule has 0 spiro atoms. The Kier molecular flexibility index (Phi) is 5.52. The first-order chi connectivity index (χ1) is 11.4. The molecule has 0 unspecified atom stereocenters. The Labute approximate surface area is 139 Å². The zero-order valence-electron chi connectivity index (χ0n) is 13.9. The molecule has 0 saturated carbocycles. The number of carbonyl (C=O) groups is 2. The van der Waals surface area contributed by atoms with E-state index in [1.165, 1.54) is 6.07 Å². The lowest BCUT2D eigenvalue weighted by Gasteiger charge is -2.15. The van der Waals surface area contributed by atoms with Crippen molar-refractivity contribution in [1.82, 2.24) is 10.3 Å². The van der Waals surface area contributed by atoms with Gasteiger partial charge in [0.25, 0.3) is 11.5 Å². The number of carbonyl (C=O) groups excluding carboxylic acids is 2. The molecule has 0 aliphatic carbocycles. The summed E-state index contributed by atoms with van der Waals surface area (Å²) in [4.78, 5) is 38.7. The van der Waals surface area contributed by atoms with Crippen molar-refractivity contribution in [3.63, 3.8) is 0 Å². The van der Waals surface area contributed by atoms with Gasteiger partial charge in [-0.15, -0.1) is 0 Å². The molecule has 1 aromatic heterocycles. The van der Waals surface area contributed by atoms with Crippen molar-refractivity contribution in [2.45, 2.75) is 26.8 Å². The van der Waals surface area contributed by atoms with Crippen LogP contribution in [0.15, 0.2) is 41.2 Å². The zero-order chi connectivity index (χ0) is 17.7. The number of aryl methyl sites for hydroxylation is 1. The monoisotopic (exact) mass is 328 g/mol. The Morgan fingerprint density at radius 2 is 1.88 bits per heavy atom. The van der Waals surface area contributed by atoms with E-state index < -0.39 is 11.5 Å². The Bertz CT molecular complexity index is 796. The van der Waals surface area contributed by atoms with Crippen molar-refractivity contribution in [3.8, 4) is 0 Å². The minimum Gasteiger partial charge on any atom is -0.462 e. The molecule has 0 aliphatic rings. The molecular formula is C18H20N2O4. The first-order valence-corrected chi connectivity index (χ1v) is 7.71. The van der Waals surface area contributed by atoms with Crippen molar-refractivity contribution in [3.05, 3.63) is 69.1 Å². The first kappa shape index (κ1) is 17.5. The summed E-state index contributed by atoms with van der Waals surface area (Å²) in [6, 6.07) is 10.6. The third kappa shape index (κ3) is 3.90. The maximum Gasteiger partial charge on any atom is 0.343 e. The number of nitrogens with one attached hydrogen (secondary N) is 2. The highest BCUT2D eigenvalue weighted by Crippen LogP contribution is 2.13. The lowest BCUT2D eigenvalue weighted by molar-refractivity contribution is 0.0524. The Morgan fingerprint density at radius 3 is 2.50 bits per heavy atom. The fourth-order valence-corrected chi connectivity index (χ4v) is 2.32. The number of hydrogen-bond acceptors (Lipinski definition) is 4. The summed E-state index contributed by atoms with van der Waals surface area (Å²) in [6.45, 7) is 5.27. The van der Waals surface area contributed by atoms with Crippen LogP contribution in [0.3, 0.4) is 0 Å². The van der Waals surface area contributed by atoms with Crippen LogP contribution in [-0.4, -0.2) is 23.5 Å². The van der Waals surface area contributed by atoms with E-state index in [1.54, 1.807) is 13.8 Å². The topological polar surface area (TPSA) is 88.3 Å². The molecule has 1 heterocycles. The van der Waals surface area contributed by atoms with Gasteiger partial charge in [-0.3, -0.25) is 9.59 Å².